The van der Waals surface area contributed by atoms with Crippen LogP contribution in [-0.2, 0) is 0 Å². The van der Waals surface area contributed by atoms with Gasteiger partial charge in [-0.3, -0.25) is 4.90 Å². The second kappa shape index (κ2) is 5.99. The molecule has 1 saturated carbocycles. The molecule has 0 aromatic rings. The molecule has 0 saturated heterocycles. The summed E-state index contributed by atoms with van der Waals surface area (Å²) in [5.41, 5.74) is 0. The first-order chi connectivity index (χ1) is 6.66. The molecule has 0 aromatic heterocycles. The summed E-state index contributed by atoms with van der Waals surface area (Å²) in [6.45, 7) is 2.27. The van der Waals surface area contributed by atoms with Crippen molar-refractivity contribution in [2.24, 2.45) is 0 Å². The predicted molar refractivity (Wildman–Crippen MR) is 63.9 cm³/mol. The van der Waals surface area contributed by atoms with E-state index in [4.69, 9.17) is 0 Å². The van der Waals surface area contributed by atoms with Crippen LogP contribution in [0.25, 0.3) is 0 Å². The van der Waals surface area contributed by atoms with Crippen molar-refractivity contribution in [3.8, 4) is 0 Å². The van der Waals surface area contributed by atoms with Gasteiger partial charge in [0, 0.05) is 12.1 Å². The number of nitrogens with zero attached hydrogens (tertiary/aromatic N) is 1. The summed E-state index contributed by atoms with van der Waals surface area (Å²) in [5, 5.41) is 9.79. The van der Waals surface area contributed by atoms with E-state index in [1.165, 1.54) is 25.0 Å². The fourth-order valence-electron chi connectivity index (χ4n) is 2.21. The third-order valence-corrected chi connectivity index (χ3v) is 4.05. The van der Waals surface area contributed by atoms with Crippen LogP contribution in [0.5, 0.6) is 0 Å². The van der Waals surface area contributed by atoms with Crippen molar-refractivity contribution in [3.05, 3.63) is 0 Å². The van der Waals surface area contributed by atoms with Crippen LogP contribution in [0.15, 0.2) is 0 Å². The molecule has 14 heavy (non-hydrogen) atoms. The maximum absolute atomic E-state index is 9.79. The minimum atomic E-state index is -0.0864. The smallest absolute Gasteiger partial charge is 0.0695 e. The second-order valence-corrected chi connectivity index (χ2v) is 5.35. The lowest BCUT2D eigenvalue weighted by atomic mass is 10.1. The van der Waals surface area contributed by atoms with E-state index in [1.807, 2.05) is 11.8 Å². The summed E-state index contributed by atoms with van der Waals surface area (Å²) in [7, 11) is 2.16. The van der Waals surface area contributed by atoms with Gasteiger partial charge in [-0.1, -0.05) is 0 Å². The van der Waals surface area contributed by atoms with Crippen molar-refractivity contribution < 1.29 is 5.11 Å². The minimum absolute atomic E-state index is 0.0864. The molecule has 3 heteroatoms. The molecule has 0 aliphatic heterocycles. The maximum Gasteiger partial charge on any atom is 0.0695 e. The standard InChI is InChI=1S/C11H23NOS/c1-9(7-8-14-3)12(2)10-5-4-6-11(10)13/h9-11,13H,4-8H2,1-3H3/t9?,10-,11-/m0/s1. The van der Waals surface area contributed by atoms with Gasteiger partial charge >= 0.3 is 0 Å². The van der Waals surface area contributed by atoms with Gasteiger partial charge in [-0.25, -0.2) is 0 Å². The summed E-state index contributed by atoms with van der Waals surface area (Å²) in [6.07, 6.45) is 6.63. The number of aliphatic hydroxyl groups is 1. The molecule has 1 unspecified atom stereocenters. The first kappa shape index (κ1) is 12.3. The lowest BCUT2D eigenvalue weighted by molar-refractivity contribution is 0.0650. The molecule has 3 atom stereocenters. The van der Waals surface area contributed by atoms with Gasteiger partial charge in [0.1, 0.15) is 0 Å². The molecule has 84 valence electrons. The molecule has 0 amide bonds. The van der Waals surface area contributed by atoms with Crippen molar-refractivity contribution in [1.29, 1.82) is 0 Å². The number of thioether (sulfide) groups is 1. The Bertz CT molecular complexity index is 165. The van der Waals surface area contributed by atoms with Crippen molar-refractivity contribution >= 4 is 11.8 Å². The van der Waals surface area contributed by atoms with Crippen LogP contribution in [0.1, 0.15) is 32.6 Å². The number of rotatable bonds is 5. The average molecular weight is 217 g/mol. The third kappa shape index (κ3) is 3.14. The summed E-state index contributed by atoms with van der Waals surface area (Å²) in [6, 6.07) is 1.01. The zero-order chi connectivity index (χ0) is 10.6. The molecule has 1 aliphatic rings. The van der Waals surface area contributed by atoms with Crippen molar-refractivity contribution in [2.75, 3.05) is 19.1 Å². The molecule has 1 rings (SSSR count). The SMILES string of the molecule is CSCCC(C)N(C)[C@H]1CCC[C@@H]1O. The lowest BCUT2D eigenvalue weighted by Gasteiger charge is -2.32. The molecular weight excluding hydrogens is 194 g/mol. The molecule has 1 fully saturated rings. The largest absolute Gasteiger partial charge is 0.391 e. The van der Waals surface area contributed by atoms with E-state index in [9.17, 15) is 5.11 Å². The molecule has 0 aromatic carbocycles. The fourth-order valence-corrected chi connectivity index (χ4v) is 2.79. The van der Waals surface area contributed by atoms with Gasteiger partial charge in [-0.15, -0.1) is 0 Å². The summed E-state index contributed by atoms with van der Waals surface area (Å²) in [5.74, 6) is 1.22. The fraction of sp³-hybridized carbons (Fsp3) is 1.00. The number of likely N-dealkylation sites (N-methyl/N-ethyl adjacent to an activating group) is 1. The van der Waals surface area contributed by atoms with Crippen LogP contribution >= 0.6 is 11.8 Å². The first-order valence-corrected chi connectivity index (χ1v) is 6.95. The predicted octanol–water partition coefficient (Wildman–Crippen LogP) is 1.97. The van der Waals surface area contributed by atoms with Crippen LogP contribution in [0.2, 0.25) is 0 Å². The Kier molecular flexibility index (Phi) is 5.28. The summed E-state index contributed by atoms with van der Waals surface area (Å²) in [4.78, 5) is 2.37. The normalized spacial score (nSPS) is 29.8. The Morgan fingerprint density at radius 1 is 1.50 bits per heavy atom. The highest BCUT2D eigenvalue weighted by Crippen LogP contribution is 2.25. The zero-order valence-electron chi connectivity index (χ0n) is 9.57. The van der Waals surface area contributed by atoms with E-state index in [-0.39, 0.29) is 6.10 Å². The highest BCUT2D eigenvalue weighted by atomic mass is 32.2. The van der Waals surface area contributed by atoms with Crippen molar-refractivity contribution in [3.63, 3.8) is 0 Å². The van der Waals surface area contributed by atoms with Gasteiger partial charge in [-0.05, 0) is 51.7 Å². The van der Waals surface area contributed by atoms with E-state index >= 15 is 0 Å². The Balaban J connectivity index is 2.34. The topological polar surface area (TPSA) is 23.5 Å². The first-order valence-electron chi connectivity index (χ1n) is 5.55. The summed E-state index contributed by atoms with van der Waals surface area (Å²) >= 11 is 1.90. The Labute approximate surface area is 92.1 Å². The minimum Gasteiger partial charge on any atom is -0.391 e. The van der Waals surface area contributed by atoms with Crippen LogP contribution in [0.4, 0.5) is 0 Å². The number of aliphatic hydroxyl groups excluding tert-OH is 1. The molecule has 0 spiro atoms. The van der Waals surface area contributed by atoms with E-state index in [0.717, 1.165) is 6.42 Å². The van der Waals surface area contributed by atoms with Gasteiger partial charge in [0.2, 0.25) is 0 Å². The highest BCUT2D eigenvalue weighted by Gasteiger charge is 2.30. The van der Waals surface area contributed by atoms with E-state index in [0.29, 0.717) is 12.1 Å². The molecule has 0 radical (unpaired) electrons. The van der Waals surface area contributed by atoms with E-state index in [1.54, 1.807) is 0 Å². The molecule has 1 N–H and O–H groups in total. The Morgan fingerprint density at radius 2 is 2.21 bits per heavy atom. The van der Waals surface area contributed by atoms with Crippen LogP contribution in [0.3, 0.4) is 0 Å². The number of hydrogen-bond donors (Lipinski definition) is 1. The monoisotopic (exact) mass is 217 g/mol. The average Bonchev–Trinajstić information content (AvgIpc) is 2.59. The molecule has 1 aliphatic carbocycles. The lowest BCUT2D eigenvalue weighted by Crippen LogP contribution is -2.43. The van der Waals surface area contributed by atoms with Gasteiger partial charge in [0.15, 0.2) is 0 Å². The summed E-state index contributed by atoms with van der Waals surface area (Å²) < 4.78 is 0. The molecule has 0 bridgehead atoms. The van der Waals surface area contributed by atoms with Gasteiger partial charge < -0.3 is 5.11 Å². The van der Waals surface area contributed by atoms with Gasteiger partial charge in [0.25, 0.3) is 0 Å². The second-order valence-electron chi connectivity index (χ2n) is 4.36. The third-order valence-electron chi connectivity index (χ3n) is 3.40. The number of hydrogen-bond acceptors (Lipinski definition) is 3. The van der Waals surface area contributed by atoms with Crippen LogP contribution in [0, 0.1) is 0 Å². The Hall–Kier alpha value is 0.270. The van der Waals surface area contributed by atoms with Gasteiger partial charge in [-0.2, -0.15) is 11.8 Å². The van der Waals surface area contributed by atoms with Gasteiger partial charge in [0.05, 0.1) is 6.10 Å². The zero-order valence-corrected chi connectivity index (χ0v) is 10.4. The molecular formula is C11H23NOS. The molecule has 0 heterocycles. The van der Waals surface area contributed by atoms with Crippen LogP contribution < -0.4 is 0 Å². The van der Waals surface area contributed by atoms with E-state index in [2.05, 4.69) is 25.1 Å². The quantitative estimate of drug-likeness (QED) is 0.761. The maximum atomic E-state index is 9.79. The van der Waals surface area contributed by atoms with Crippen molar-refractivity contribution in [1.82, 2.24) is 4.90 Å². The van der Waals surface area contributed by atoms with Crippen molar-refractivity contribution in [2.45, 2.75) is 50.8 Å². The Morgan fingerprint density at radius 3 is 2.71 bits per heavy atom. The highest BCUT2D eigenvalue weighted by molar-refractivity contribution is 7.98. The van der Waals surface area contributed by atoms with E-state index < -0.39 is 0 Å². The molecule has 2 nitrogen and oxygen atoms in total. The van der Waals surface area contributed by atoms with Crippen LogP contribution in [-0.4, -0.2) is 47.3 Å².